The van der Waals surface area contributed by atoms with E-state index in [4.69, 9.17) is 21.1 Å². The molecule has 0 saturated heterocycles. The van der Waals surface area contributed by atoms with E-state index in [2.05, 4.69) is 5.32 Å². The number of hydrogen-bond acceptors (Lipinski definition) is 4. The Hall–Kier alpha value is -2.04. The summed E-state index contributed by atoms with van der Waals surface area (Å²) < 4.78 is 10.2. The van der Waals surface area contributed by atoms with Crippen LogP contribution in [0.15, 0.2) is 48.5 Å². The predicted octanol–water partition coefficient (Wildman–Crippen LogP) is 3.40. The number of nitrogens with one attached hydrogen (secondary N) is 1. The second-order valence-corrected chi connectivity index (χ2v) is 5.40. The van der Waals surface area contributed by atoms with E-state index in [1.807, 2.05) is 42.5 Å². The van der Waals surface area contributed by atoms with Gasteiger partial charge in [-0.2, -0.15) is 0 Å². The van der Waals surface area contributed by atoms with Gasteiger partial charge in [0.2, 0.25) is 0 Å². The van der Waals surface area contributed by atoms with E-state index >= 15 is 0 Å². The lowest BCUT2D eigenvalue weighted by atomic mass is 10.1. The van der Waals surface area contributed by atoms with E-state index in [9.17, 15) is 4.79 Å². The van der Waals surface area contributed by atoms with Crippen molar-refractivity contribution in [1.82, 2.24) is 5.32 Å². The molecule has 1 N–H and O–H groups in total. The third kappa shape index (κ3) is 4.47. The van der Waals surface area contributed by atoms with Crippen molar-refractivity contribution in [2.45, 2.75) is 12.5 Å². The second-order valence-electron chi connectivity index (χ2n) is 4.99. The molecule has 0 aliphatic rings. The molecular weight excluding hydrogens is 314 g/mol. The molecule has 0 aliphatic heterocycles. The molecule has 1 atom stereocenters. The molecule has 0 aromatic heterocycles. The largest absolute Gasteiger partial charge is 0.496 e. The number of halogens is 1. The Morgan fingerprint density at radius 3 is 2.52 bits per heavy atom. The van der Waals surface area contributed by atoms with Gasteiger partial charge in [-0.15, -0.1) is 0 Å². The molecule has 5 heteroatoms. The second kappa shape index (κ2) is 8.56. The molecule has 0 fully saturated rings. The first-order valence-corrected chi connectivity index (χ1v) is 7.72. The number of para-hydroxylation sites is 1. The Labute approximate surface area is 141 Å². The van der Waals surface area contributed by atoms with E-state index in [1.54, 1.807) is 13.2 Å². The lowest BCUT2D eigenvalue weighted by Gasteiger charge is -2.18. The molecule has 0 aliphatic carbocycles. The average Bonchev–Trinajstić information content (AvgIpc) is 2.59. The van der Waals surface area contributed by atoms with Crippen LogP contribution < -0.4 is 10.1 Å². The van der Waals surface area contributed by atoms with Gasteiger partial charge in [-0.25, -0.2) is 4.79 Å². The molecular formula is C18H20ClNO3. The monoisotopic (exact) mass is 333 g/mol. The molecule has 0 heterocycles. The highest BCUT2D eigenvalue weighted by molar-refractivity contribution is 6.31. The Morgan fingerprint density at radius 2 is 1.83 bits per heavy atom. The van der Waals surface area contributed by atoms with Gasteiger partial charge in [0.05, 0.1) is 14.2 Å². The van der Waals surface area contributed by atoms with Gasteiger partial charge in [-0.05, 0) is 29.7 Å². The Kier molecular flexibility index (Phi) is 6.44. The number of carbonyl (C=O) groups excluding carboxylic acids is 1. The zero-order chi connectivity index (χ0) is 16.7. The lowest BCUT2D eigenvalue weighted by molar-refractivity contribution is -0.143. The summed E-state index contributed by atoms with van der Waals surface area (Å²) in [5.41, 5.74) is 1.78. The van der Waals surface area contributed by atoms with Crippen molar-refractivity contribution in [3.8, 4) is 5.75 Å². The van der Waals surface area contributed by atoms with Crippen molar-refractivity contribution in [2.75, 3.05) is 20.8 Å². The maximum atomic E-state index is 12.1. The Bertz CT molecular complexity index is 660. The van der Waals surface area contributed by atoms with E-state index < -0.39 is 6.04 Å². The SMILES string of the molecule is COC(=O)C(NCCc1ccccc1OC)c1ccccc1Cl. The van der Waals surface area contributed by atoms with Gasteiger partial charge >= 0.3 is 5.97 Å². The first-order chi connectivity index (χ1) is 11.2. The van der Waals surface area contributed by atoms with Gasteiger partial charge in [0.1, 0.15) is 11.8 Å². The van der Waals surface area contributed by atoms with Crippen molar-refractivity contribution >= 4 is 17.6 Å². The highest BCUT2D eigenvalue weighted by Crippen LogP contribution is 2.24. The molecule has 1 unspecified atom stereocenters. The molecule has 0 saturated carbocycles. The number of methoxy groups -OCH3 is 2. The summed E-state index contributed by atoms with van der Waals surface area (Å²) in [7, 11) is 3.02. The summed E-state index contributed by atoms with van der Waals surface area (Å²) in [5.74, 6) is 0.472. The van der Waals surface area contributed by atoms with Crippen LogP contribution in [0.1, 0.15) is 17.2 Å². The van der Waals surface area contributed by atoms with E-state index in [0.29, 0.717) is 17.1 Å². The first-order valence-electron chi connectivity index (χ1n) is 7.35. The van der Waals surface area contributed by atoms with Gasteiger partial charge < -0.3 is 14.8 Å². The minimum Gasteiger partial charge on any atom is -0.496 e. The Balaban J connectivity index is 2.08. The summed E-state index contributed by atoms with van der Waals surface area (Å²) >= 11 is 6.20. The van der Waals surface area contributed by atoms with Gasteiger partial charge in [-0.3, -0.25) is 0 Å². The Morgan fingerprint density at radius 1 is 1.13 bits per heavy atom. The highest BCUT2D eigenvalue weighted by Gasteiger charge is 2.22. The summed E-state index contributed by atoms with van der Waals surface area (Å²) in [6.07, 6.45) is 0.724. The predicted molar refractivity (Wildman–Crippen MR) is 90.9 cm³/mol. The van der Waals surface area contributed by atoms with Crippen LogP contribution in [0.5, 0.6) is 5.75 Å². The standard InChI is InChI=1S/C18H20ClNO3/c1-22-16-10-6-3-7-13(16)11-12-20-17(18(21)23-2)14-8-4-5-9-15(14)19/h3-10,17,20H,11-12H2,1-2H3. The average molecular weight is 334 g/mol. The van der Waals surface area contributed by atoms with Crippen LogP contribution in [0.2, 0.25) is 5.02 Å². The van der Waals surface area contributed by atoms with Crippen molar-refractivity contribution in [3.05, 3.63) is 64.7 Å². The normalized spacial score (nSPS) is 11.8. The van der Waals surface area contributed by atoms with Crippen LogP contribution >= 0.6 is 11.6 Å². The first kappa shape index (κ1) is 17.3. The van der Waals surface area contributed by atoms with Gasteiger partial charge in [0.15, 0.2) is 0 Å². The molecule has 122 valence electrons. The summed E-state index contributed by atoms with van der Waals surface area (Å²) in [6, 6.07) is 14.5. The van der Waals surface area contributed by atoms with Crippen LogP contribution in [0, 0.1) is 0 Å². The molecule has 23 heavy (non-hydrogen) atoms. The molecule has 2 rings (SSSR count). The van der Waals surface area contributed by atoms with Crippen molar-refractivity contribution in [2.24, 2.45) is 0 Å². The summed E-state index contributed by atoms with van der Waals surface area (Å²) in [5, 5.41) is 3.75. The number of ether oxygens (including phenoxy) is 2. The fraction of sp³-hybridized carbons (Fsp3) is 0.278. The number of benzene rings is 2. The number of hydrogen-bond donors (Lipinski definition) is 1. The van der Waals surface area contributed by atoms with Crippen LogP contribution in [-0.2, 0) is 16.0 Å². The van der Waals surface area contributed by atoms with Crippen LogP contribution in [0.4, 0.5) is 0 Å². The van der Waals surface area contributed by atoms with Crippen molar-refractivity contribution in [1.29, 1.82) is 0 Å². The third-order valence-corrected chi connectivity index (χ3v) is 3.93. The molecule has 4 nitrogen and oxygen atoms in total. The molecule has 0 radical (unpaired) electrons. The summed E-state index contributed by atoms with van der Waals surface area (Å²) in [6.45, 7) is 0.589. The fourth-order valence-electron chi connectivity index (χ4n) is 2.41. The lowest BCUT2D eigenvalue weighted by Crippen LogP contribution is -2.31. The number of rotatable bonds is 7. The number of carbonyl (C=O) groups is 1. The molecule has 2 aromatic carbocycles. The highest BCUT2D eigenvalue weighted by atomic mass is 35.5. The maximum absolute atomic E-state index is 12.1. The van der Waals surface area contributed by atoms with Gasteiger partial charge in [0, 0.05) is 11.6 Å². The smallest absolute Gasteiger partial charge is 0.327 e. The topological polar surface area (TPSA) is 47.6 Å². The molecule has 2 aromatic rings. The van der Waals surface area contributed by atoms with Crippen LogP contribution in [0.25, 0.3) is 0 Å². The molecule has 0 spiro atoms. The van der Waals surface area contributed by atoms with E-state index in [0.717, 1.165) is 17.7 Å². The maximum Gasteiger partial charge on any atom is 0.327 e. The van der Waals surface area contributed by atoms with Gasteiger partial charge in [0.25, 0.3) is 0 Å². The van der Waals surface area contributed by atoms with E-state index in [-0.39, 0.29) is 5.97 Å². The third-order valence-electron chi connectivity index (χ3n) is 3.59. The fourth-order valence-corrected chi connectivity index (χ4v) is 2.65. The van der Waals surface area contributed by atoms with Crippen molar-refractivity contribution < 1.29 is 14.3 Å². The van der Waals surface area contributed by atoms with E-state index in [1.165, 1.54) is 7.11 Å². The van der Waals surface area contributed by atoms with Crippen LogP contribution in [-0.4, -0.2) is 26.7 Å². The number of esters is 1. The summed E-state index contributed by atoms with van der Waals surface area (Å²) in [4.78, 5) is 12.1. The zero-order valence-corrected chi connectivity index (χ0v) is 14.0. The minimum atomic E-state index is -0.594. The molecule has 0 amide bonds. The molecule has 0 bridgehead atoms. The quantitative estimate of drug-likeness (QED) is 0.789. The van der Waals surface area contributed by atoms with Gasteiger partial charge in [-0.1, -0.05) is 48.0 Å². The minimum absolute atomic E-state index is 0.363. The van der Waals surface area contributed by atoms with Crippen molar-refractivity contribution in [3.63, 3.8) is 0 Å². The van der Waals surface area contributed by atoms with Crippen LogP contribution in [0.3, 0.4) is 0 Å². The zero-order valence-electron chi connectivity index (χ0n) is 13.2.